The number of fused-ring (bicyclic) bond motifs is 2. The lowest BCUT2D eigenvalue weighted by atomic mass is 9.93. The van der Waals surface area contributed by atoms with Crippen molar-refractivity contribution in [2.75, 3.05) is 13.7 Å². The zero-order valence-electron chi connectivity index (χ0n) is 11.3. The average molecular weight is 257 g/mol. The fourth-order valence-electron chi connectivity index (χ4n) is 2.96. The summed E-state index contributed by atoms with van der Waals surface area (Å²) in [6.07, 6.45) is 5.06. The van der Waals surface area contributed by atoms with Crippen LogP contribution in [0.5, 0.6) is 0 Å². The van der Waals surface area contributed by atoms with Crippen LogP contribution in [0.4, 0.5) is 0 Å². The van der Waals surface area contributed by atoms with E-state index in [0.29, 0.717) is 6.61 Å². The zero-order chi connectivity index (χ0) is 13.2. The lowest BCUT2D eigenvalue weighted by Gasteiger charge is -2.17. The Morgan fingerprint density at radius 3 is 2.95 bits per heavy atom. The fraction of sp³-hybridized carbons (Fsp3) is 0.438. The molecule has 0 saturated heterocycles. The van der Waals surface area contributed by atoms with E-state index in [4.69, 9.17) is 4.74 Å². The maximum absolute atomic E-state index is 12.5. The number of nitrogens with one attached hydrogen (secondary N) is 1. The predicted molar refractivity (Wildman–Crippen MR) is 76.8 cm³/mol. The van der Waals surface area contributed by atoms with Gasteiger partial charge in [-0.15, -0.1) is 0 Å². The zero-order valence-corrected chi connectivity index (χ0v) is 11.3. The molecule has 0 amide bonds. The van der Waals surface area contributed by atoms with Gasteiger partial charge in [0.1, 0.15) is 0 Å². The molecule has 1 aromatic carbocycles. The standard InChI is InChI=1S/C16H19NO2/c1-19-10-9-11-5-4-7-13-15(11)17-14-8-3-2-6-12(14)16(13)18/h4-5,7H,2-3,6,8-10H2,1H3,(H,17,18). The second-order valence-corrected chi connectivity index (χ2v) is 5.20. The molecule has 0 atom stereocenters. The SMILES string of the molecule is COCCc1cccc2c(=O)c3c([nH]c12)CCCC3. The van der Waals surface area contributed by atoms with Gasteiger partial charge in [0.05, 0.1) is 12.1 Å². The van der Waals surface area contributed by atoms with E-state index in [1.54, 1.807) is 7.11 Å². The van der Waals surface area contributed by atoms with Crippen LogP contribution in [-0.2, 0) is 24.0 Å². The first kappa shape index (κ1) is 12.4. The number of para-hydroxylation sites is 1. The highest BCUT2D eigenvalue weighted by atomic mass is 16.5. The first-order valence-corrected chi connectivity index (χ1v) is 6.96. The van der Waals surface area contributed by atoms with Crippen LogP contribution in [0, 0.1) is 0 Å². The van der Waals surface area contributed by atoms with Crippen LogP contribution in [0.3, 0.4) is 0 Å². The smallest absolute Gasteiger partial charge is 0.192 e. The Morgan fingerprint density at radius 1 is 1.26 bits per heavy atom. The Kier molecular flexibility index (Phi) is 3.38. The van der Waals surface area contributed by atoms with Crippen molar-refractivity contribution in [3.63, 3.8) is 0 Å². The monoisotopic (exact) mass is 257 g/mol. The number of aromatic amines is 1. The van der Waals surface area contributed by atoms with Gasteiger partial charge < -0.3 is 9.72 Å². The molecule has 100 valence electrons. The molecule has 3 rings (SSSR count). The molecule has 2 aromatic rings. The second kappa shape index (κ2) is 5.17. The molecule has 3 nitrogen and oxygen atoms in total. The molecule has 0 saturated carbocycles. The molecule has 0 fully saturated rings. The normalized spacial score (nSPS) is 14.6. The maximum atomic E-state index is 12.5. The van der Waals surface area contributed by atoms with Crippen LogP contribution in [-0.4, -0.2) is 18.7 Å². The molecular formula is C16H19NO2. The van der Waals surface area contributed by atoms with Crippen molar-refractivity contribution < 1.29 is 4.74 Å². The van der Waals surface area contributed by atoms with Crippen molar-refractivity contribution >= 4 is 10.9 Å². The molecule has 1 aliphatic carbocycles. The highest BCUT2D eigenvalue weighted by Crippen LogP contribution is 2.22. The van der Waals surface area contributed by atoms with E-state index < -0.39 is 0 Å². The van der Waals surface area contributed by atoms with Gasteiger partial charge >= 0.3 is 0 Å². The third-order valence-electron chi connectivity index (χ3n) is 3.99. The summed E-state index contributed by atoms with van der Waals surface area (Å²) >= 11 is 0. The van der Waals surface area contributed by atoms with Crippen molar-refractivity contribution in [2.24, 2.45) is 0 Å². The van der Waals surface area contributed by atoms with Crippen LogP contribution < -0.4 is 5.43 Å². The van der Waals surface area contributed by atoms with E-state index in [0.717, 1.165) is 47.8 Å². The molecular weight excluding hydrogens is 238 g/mol. The first-order chi connectivity index (χ1) is 9.31. The van der Waals surface area contributed by atoms with Crippen LogP contribution in [0.15, 0.2) is 23.0 Å². The van der Waals surface area contributed by atoms with Crippen molar-refractivity contribution in [1.29, 1.82) is 0 Å². The van der Waals surface area contributed by atoms with Crippen LogP contribution in [0.1, 0.15) is 29.7 Å². The quantitative estimate of drug-likeness (QED) is 0.918. The molecule has 1 N–H and O–H groups in total. The molecule has 0 unspecified atom stereocenters. The van der Waals surface area contributed by atoms with Gasteiger partial charge in [0, 0.05) is 23.8 Å². The number of ether oxygens (including phenoxy) is 1. The number of methoxy groups -OCH3 is 1. The molecule has 1 heterocycles. The van der Waals surface area contributed by atoms with Gasteiger partial charge in [-0.3, -0.25) is 4.79 Å². The molecule has 3 heteroatoms. The summed E-state index contributed by atoms with van der Waals surface area (Å²) < 4.78 is 5.15. The van der Waals surface area contributed by atoms with Crippen molar-refractivity contribution in [3.8, 4) is 0 Å². The Morgan fingerprint density at radius 2 is 2.11 bits per heavy atom. The Labute approximate surface area is 112 Å². The van der Waals surface area contributed by atoms with Gasteiger partial charge in [-0.1, -0.05) is 12.1 Å². The van der Waals surface area contributed by atoms with E-state index in [1.165, 1.54) is 12.0 Å². The summed E-state index contributed by atoms with van der Waals surface area (Å²) in [5.74, 6) is 0. The number of hydrogen-bond acceptors (Lipinski definition) is 2. The van der Waals surface area contributed by atoms with Gasteiger partial charge in [0.15, 0.2) is 5.43 Å². The number of H-pyrrole nitrogens is 1. The summed E-state index contributed by atoms with van der Waals surface area (Å²) in [6, 6.07) is 5.98. The third-order valence-corrected chi connectivity index (χ3v) is 3.99. The summed E-state index contributed by atoms with van der Waals surface area (Å²) in [7, 11) is 1.70. The minimum atomic E-state index is 0.225. The fourth-order valence-corrected chi connectivity index (χ4v) is 2.96. The first-order valence-electron chi connectivity index (χ1n) is 6.96. The Bertz CT molecular complexity index is 658. The number of rotatable bonds is 3. The molecule has 1 aliphatic rings. The average Bonchev–Trinajstić information content (AvgIpc) is 2.46. The Hall–Kier alpha value is -1.61. The van der Waals surface area contributed by atoms with Crippen LogP contribution in [0.2, 0.25) is 0 Å². The summed E-state index contributed by atoms with van der Waals surface area (Å²) in [6.45, 7) is 0.679. The highest BCUT2D eigenvalue weighted by Gasteiger charge is 2.16. The number of aryl methyl sites for hydroxylation is 1. The largest absolute Gasteiger partial charge is 0.384 e. The van der Waals surface area contributed by atoms with E-state index in [2.05, 4.69) is 11.1 Å². The van der Waals surface area contributed by atoms with Gasteiger partial charge in [-0.25, -0.2) is 0 Å². The molecule has 19 heavy (non-hydrogen) atoms. The predicted octanol–water partition coefficient (Wildman–Crippen LogP) is 2.60. The van der Waals surface area contributed by atoms with Crippen LogP contribution >= 0.6 is 0 Å². The van der Waals surface area contributed by atoms with E-state index in [9.17, 15) is 4.79 Å². The number of aromatic nitrogens is 1. The van der Waals surface area contributed by atoms with Gasteiger partial charge in [-0.2, -0.15) is 0 Å². The van der Waals surface area contributed by atoms with E-state index in [1.807, 2.05) is 12.1 Å². The molecule has 0 spiro atoms. The number of hydrogen-bond donors (Lipinski definition) is 1. The molecule has 0 bridgehead atoms. The molecule has 0 radical (unpaired) electrons. The van der Waals surface area contributed by atoms with Gasteiger partial charge in [-0.05, 0) is 43.7 Å². The third kappa shape index (κ3) is 2.19. The lowest BCUT2D eigenvalue weighted by molar-refractivity contribution is 0.202. The summed E-state index contributed by atoms with van der Waals surface area (Å²) in [5.41, 5.74) is 4.55. The molecule has 1 aromatic heterocycles. The van der Waals surface area contributed by atoms with Gasteiger partial charge in [0.25, 0.3) is 0 Å². The van der Waals surface area contributed by atoms with E-state index >= 15 is 0 Å². The molecule has 0 aliphatic heterocycles. The highest BCUT2D eigenvalue weighted by molar-refractivity contribution is 5.82. The van der Waals surface area contributed by atoms with Crippen molar-refractivity contribution in [2.45, 2.75) is 32.1 Å². The van der Waals surface area contributed by atoms with Crippen molar-refractivity contribution in [1.82, 2.24) is 4.98 Å². The summed E-state index contributed by atoms with van der Waals surface area (Å²) in [4.78, 5) is 16.1. The summed E-state index contributed by atoms with van der Waals surface area (Å²) in [5, 5.41) is 0.828. The minimum Gasteiger partial charge on any atom is -0.384 e. The Balaban J connectivity index is 2.20. The number of benzene rings is 1. The van der Waals surface area contributed by atoms with E-state index in [-0.39, 0.29) is 5.43 Å². The van der Waals surface area contributed by atoms with Crippen molar-refractivity contribution in [3.05, 3.63) is 45.2 Å². The topological polar surface area (TPSA) is 42.1 Å². The number of pyridine rings is 1. The van der Waals surface area contributed by atoms with Gasteiger partial charge in [0.2, 0.25) is 0 Å². The second-order valence-electron chi connectivity index (χ2n) is 5.20. The van der Waals surface area contributed by atoms with Crippen LogP contribution in [0.25, 0.3) is 10.9 Å². The maximum Gasteiger partial charge on any atom is 0.192 e. The minimum absolute atomic E-state index is 0.225. The lowest BCUT2D eigenvalue weighted by Crippen LogP contribution is -2.19.